The van der Waals surface area contributed by atoms with Crippen LogP contribution in [0.1, 0.15) is 32.3 Å². The fourth-order valence-electron chi connectivity index (χ4n) is 4.45. The summed E-state index contributed by atoms with van der Waals surface area (Å²) in [5.74, 6) is 0.370. The van der Waals surface area contributed by atoms with Gasteiger partial charge in [-0.15, -0.1) is 0 Å². The van der Waals surface area contributed by atoms with Gasteiger partial charge in [-0.3, -0.25) is 0 Å². The second-order valence-corrected chi connectivity index (χ2v) is 10.2. The number of rotatable bonds is 9. The van der Waals surface area contributed by atoms with Gasteiger partial charge in [0.05, 0.1) is 34.8 Å². The van der Waals surface area contributed by atoms with Gasteiger partial charge in [-0.05, 0) is 52.1 Å². The van der Waals surface area contributed by atoms with Crippen LogP contribution in [0.5, 0.6) is 5.75 Å². The van der Waals surface area contributed by atoms with E-state index in [-0.39, 0.29) is 16.9 Å². The Morgan fingerprint density at radius 2 is 1.89 bits per heavy atom. The van der Waals surface area contributed by atoms with Gasteiger partial charge in [-0.1, -0.05) is 18.5 Å². The molecule has 12 heteroatoms. The maximum Gasteiger partial charge on any atom is 0.232 e. The number of nitrogens with two attached hydrogens (primary N) is 1. The zero-order valence-electron chi connectivity index (χ0n) is 22.2. The first kappa shape index (κ1) is 27.6. The van der Waals surface area contributed by atoms with Crippen LogP contribution in [-0.2, 0) is 5.60 Å². The second-order valence-electron chi connectivity index (χ2n) is 9.79. The van der Waals surface area contributed by atoms with Crippen LogP contribution in [0.2, 0.25) is 5.02 Å². The number of anilines is 6. The summed E-state index contributed by atoms with van der Waals surface area (Å²) in [6, 6.07) is 6.78. The summed E-state index contributed by atoms with van der Waals surface area (Å²) in [6.07, 6.45) is 2.75. The number of nitrogen functional groups attached to an aromatic ring is 1. The summed E-state index contributed by atoms with van der Waals surface area (Å²) >= 11 is 6.02. The van der Waals surface area contributed by atoms with E-state index in [0.29, 0.717) is 40.8 Å². The van der Waals surface area contributed by atoms with Crippen LogP contribution in [-0.4, -0.2) is 65.3 Å². The average Bonchev–Trinajstić information content (AvgIpc) is 3.37. The highest BCUT2D eigenvalue weighted by molar-refractivity contribution is 6.31. The van der Waals surface area contributed by atoms with E-state index in [0.717, 1.165) is 25.2 Å². The Labute approximate surface area is 227 Å². The molecule has 3 aromatic rings. The molecular weight excluding hydrogens is 511 g/mol. The van der Waals surface area contributed by atoms with Gasteiger partial charge >= 0.3 is 0 Å². The zero-order valence-corrected chi connectivity index (χ0v) is 23.0. The Kier molecular flexibility index (Phi) is 8.10. The number of likely N-dealkylation sites (N-methyl/N-ethyl adjacent to an activating group) is 1. The predicted molar refractivity (Wildman–Crippen MR) is 149 cm³/mol. The van der Waals surface area contributed by atoms with E-state index in [2.05, 4.69) is 49.5 Å². The minimum atomic E-state index is -1.30. The van der Waals surface area contributed by atoms with Crippen molar-refractivity contribution in [1.29, 1.82) is 0 Å². The van der Waals surface area contributed by atoms with Gasteiger partial charge in [0.1, 0.15) is 17.9 Å². The van der Waals surface area contributed by atoms with Gasteiger partial charge < -0.3 is 36.0 Å². The molecule has 0 radical (unpaired) electrons. The van der Waals surface area contributed by atoms with E-state index in [1.807, 2.05) is 6.07 Å². The molecule has 0 aliphatic carbocycles. The highest BCUT2D eigenvalue weighted by Crippen LogP contribution is 2.39. The van der Waals surface area contributed by atoms with Crippen molar-refractivity contribution in [1.82, 2.24) is 19.9 Å². The quantitative estimate of drug-likeness (QED) is 0.286. The molecule has 1 aromatic heterocycles. The fraction of sp³-hybridized carbons (Fsp3) is 0.423. The van der Waals surface area contributed by atoms with Crippen molar-refractivity contribution in [3.63, 3.8) is 0 Å². The Balaban J connectivity index is 1.59. The molecule has 0 spiro atoms. The number of halogens is 2. The minimum absolute atomic E-state index is 0.0919. The normalized spacial score (nSPS) is 17.0. The van der Waals surface area contributed by atoms with Gasteiger partial charge in [0.25, 0.3) is 0 Å². The molecule has 5 N–H and O–H groups in total. The van der Waals surface area contributed by atoms with Gasteiger partial charge in [-0.25, -0.2) is 14.4 Å². The van der Waals surface area contributed by atoms with Crippen molar-refractivity contribution in [2.45, 2.75) is 38.3 Å². The van der Waals surface area contributed by atoms with Gasteiger partial charge in [0.2, 0.25) is 11.9 Å². The lowest BCUT2D eigenvalue weighted by atomic mass is 9.91. The lowest BCUT2D eigenvalue weighted by molar-refractivity contribution is 0.0535. The van der Waals surface area contributed by atoms with Gasteiger partial charge in [0.15, 0.2) is 0 Å². The molecule has 1 aliphatic heterocycles. The molecule has 204 valence electrons. The summed E-state index contributed by atoms with van der Waals surface area (Å²) in [4.78, 5) is 17.3. The summed E-state index contributed by atoms with van der Waals surface area (Å²) < 4.78 is 19.9. The molecule has 10 nitrogen and oxygen atoms in total. The fourth-order valence-corrected chi connectivity index (χ4v) is 4.62. The van der Waals surface area contributed by atoms with Crippen molar-refractivity contribution in [3.8, 4) is 5.75 Å². The monoisotopic (exact) mass is 544 g/mol. The third kappa shape index (κ3) is 5.85. The SMILES string of the molecule is CCC(C)(O)c1cc(F)c(Cl)cc1Nc1ncnc(Nc2cc(N)c(N3CC[C@@H](N(C)C)C3)cc2OC)n1. The zero-order chi connectivity index (χ0) is 27.6. The van der Waals surface area contributed by atoms with Crippen molar-refractivity contribution in [3.05, 3.63) is 47.0 Å². The molecule has 38 heavy (non-hydrogen) atoms. The number of hydrogen-bond acceptors (Lipinski definition) is 10. The first-order valence-corrected chi connectivity index (χ1v) is 12.7. The molecule has 1 unspecified atom stereocenters. The standard InChI is InChI=1S/C26H34ClFN8O2/c1-6-26(2,37)16-9-18(28)17(27)10-20(16)32-24-30-14-31-25(34-24)33-21-11-19(29)22(12-23(21)38-5)36-8-7-15(13-36)35(3)4/h9-12,14-15,37H,6-8,13,29H2,1-5H3,(H2,30,31,32,33,34)/t15-,26?/m1/s1. The summed E-state index contributed by atoms with van der Waals surface area (Å²) in [5, 5.41) is 16.9. The molecule has 2 atom stereocenters. The molecule has 0 amide bonds. The largest absolute Gasteiger partial charge is 0.494 e. The number of hydrogen-bond donors (Lipinski definition) is 4. The van der Waals surface area contributed by atoms with Crippen LogP contribution < -0.4 is 26.0 Å². The van der Waals surface area contributed by atoms with E-state index < -0.39 is 11.4 Å². The summed E-state index contributed by atoms with van der Waals surface area (Å²) in [7, 11) is 5.76. The number of aliphatic hydroxyl groups is 1. The van der Waals surface area contributed by atoms with Crippen molar-refractivity contribution < 1.29 is 14.2 Å². The first-order chi connectivity index (χ1) is 18.0. The lowest BCUT2D eigenvalue weighted by Gasteiger charge is -2.25. The minimum Gasteiger partial charge on any atom is -0.494 e. The Bertz CT molecular complexity index is 1310. The van der Waals surface area contributed by atoms with Crippen molar-refractivity contribution in [2.24, 2.45) is 0 Å². The van der Waals surface area contributed by atoms with Gasteiger partial charge in [0, 0.05) is 36.4 Å². The summed E-state index contributed by atoms with van der Waals surface area (Å²) in [5.41, 5.74) is 7.98. The highest BCUT2D eigenvalue weighted by atomic mass is 35.5. The number of nitrogens with one attached hydrogen (secondary N) is 2. The van der Waals surface area contributed by atoms with Crippen LogP contribution in [0.25, 0.3) is 0 Å². The summed E-state index contributed by atoms with van der Waals surface area (Å²) in [6.45, 7) is 5.20. The molecule has 1 saturated heterocycles. The smallest absolute Gasteiger partial charge is 0.232 e. The van der Waals surface area contributed by atoms with Crippen LogP contribution in [0.4, 0.5) is 39.0 Å². The highest BCUT2D eigenvalue weighted by Gasteiger charge is 2.27. The topological polar surface area (TPSA) is 125 Å². The number of benzene rings is 2. The number of aromatic nitrogens is 3. The van der Waals surface area contributed by atoms with E-state index in [1.165, 1.54) is 18.5 Å². The lowest BCUT2D eigenvalue weighted by Crippen LogP contribution is -2.31. The van der Waals surface area contributed by atoms with E-state index in [4.69, 9.17) is 22.1 Å². The van der Waals surface area contributed by atoms with Crippen LogP contribution >= 0.6 is 11.6 Å². The van der Waals surface area contributed by atoms with Crippen molar-refractivity contribution >= 4 is 46.2 Å². The molecule has 1 fully saturated rings. The molecule has 1 aliphatic rings. The van der Waals surface area contributed by atoms with E-state index >= 15 is 0 Å². The third-order valence-corrected chi connectivity index (χ3v) is 7.27. The number of ether oxygens (including phenoxy) is 1. The molecule has 2 heterocycles. The Hall–Kier alpha value is -3.41. The van der Waals surface area contributed by atoms with Crippen LogP contribution in [0.15, 0.2) is 30.6 Å². The number of methoxy groups -OCH3 is 1. The maximum absolute atomic E-state index is 14.2. The van der Waals surface area contributed by atoms with Crippen LogP contribution in [0.3, 0.4) is 0 Å². The molecular formula is C26H34ClFN8O2. The number of nitrogens with zero attached hydrogens (tertiary/aromatic N) is 5. The molecule has 4 rings (SSSR count). The molecule has 0 bridgehead atoms. The van der Waals surface area contributed by atoms with E-state index in [1.54, 1.807) is 27.0 Å². The first-order valence-electron chi connectivity index (χ1n) is 12.4. The molecule has 0 saturated carbocycles. The van der Waals surface area contributed by atoms with Crippen LogP contribution in [0, 0.1) is 5.82 Å². The van der Waals surface area contributed by atoms with Crippen molar-refractivity contribution in [2.75, 3.05) is 55.6 Å². The second kappa shape index (κ2) is 11.1. The third-order valence-electron chi connectivity index (χ3n) is 6.98. The molecule has 2 aromatic carbocycles. The predicted octanol–water partition coefficient (Wildman–Crippen LogP) is 4.50. The Morgan fingerprint density at radius 3 is 2.50 bits per heavy atom. The Morgan fingerprint density at radius 1 is 1.21 bits per heavy atom. The maximum atomic E-state index is 14.2. The van der Waals surface area contributed by atoms with E-state index in [9.17, 15) is 9.50 Å². The average molecular weight is 545 g/mol. The van der Waals surface area contributed by atoms with Gasteiger partial charge in [-0.2, -0.15) is 4.98 Å².